The van der Waals surface area contributed by atoms with Crippen molar-refractivity contribution in [3.05, 3.63) is 52.6 Å². The molecule has 1 aliphatic heterocycles. The molecule has 21 heavy (non-hydrogen) atoms. The van der Waals surface area contributed by atoms with Crippen LogP contribution in [0.2, 0.25) is 0 Å². The van der Waals surface area contributed by atoms with Crippen LogP contribution in [0.3, 0.4) is 0 Å². The van der Waals surface area contributed by atoms with Crippen LogP contribution < -0.4 is 0 Å². The smallest absolute Gasteiger partial charge is 0.0949 e. The van der Waals surface area contributed by atoms with Gasteiger partial charge in [0.25, 0.3) is 0 Å². The quantitative estimate of drug-likeness (QED) is 0.939. The summed E-state index contributed by atoms with van der Waals surface area (Å²) in [5.41, 5.74) is 5.98. The molecule has 1 N–H and O–H groups in total. The van der Waals surface area contributed by atoms with Crippen LogP contribution in [0.4, 0.5) is 0 Å². The molecule has 1 aromatic heterocycles. The Labute approximate surface area is 126 Å². The van der Waals surface area contributed by atoms with Crippen LogP contribution in [-0.2, 0) is 20.0 Å². The number of hydrogen-bond acceptors (Lipinski definition) is 3. The molecule has 0 amide bonds. The van der Waals surface area contributed by atoms with E-state index in [1.165, 1.54) is 16.8 Å². The third-order valence-corrected chi connectivity index (χ3v) is 4.53. The highest BCUT2D eigenvalue weighted by Crippen LogP contribution is 2.22. The van der Waals surface area contributed by atoms with E-state index in [9.17, 15) is 5.11 Å². The minimum atomic E-state index is -0.436. The van der Waals surface area contributed by atoms with Crippen molar-refractivity contribution >= 4 is 0 Å². The Morgan fingerprint density at radius 2 is 2.10 bits per heavy atom. The first-order valence-electron chi connectivity index (χ1n) is 7.51. The first kappa shape index (κ1) is 14.3. The van der Waals surface area contributed by atoms with Gasteiger partial charge in [-0.1, -0.05) is 18.2 Å². The number of aliphatic hydroxyl groups excluding tert-OH is 1. The second-order valence-corrected chi connectivity index (χ2v) is 6.09. The van der Waals surface area contributed by atoms with E-state index in [4.69, 9.17) is 0 Å². The predicted molar refractivity (Wildman–Crippen MR) is 83.1 cm³/mol. The molecule has 0 fully saturated rings. The lowest BCUT2D eigenvalue weighted by Crippen LogP contribution is -2.34. The SMILES string of the molecule is Cc1ccc([C@@H](O)CN2CCc3c(ncn3C)C2)cc1C. The standard InChI is InChI=1S/C17H23N3O/c1-12-4-5-14(8-13(12)2)17(21)10-20-7-6-16-15(9-20)18-11-19(16)3/h4-5,8,11,17,21H,6-7,9-10H2,1-3H3/t17-/m0/s1. The van der Waals surface area contributed by atoms with Gasteiger partial charge in [0.1, 0.15) is 0 Å². The van der Waals surface area contributed by atoms with Crippen molar-refractivity contribution in [2.75, 3.05) is 13.1 Å². The lowest BCUT2D eigenvalue weighted by molar-refractivity contribution is 0.104. The number of hydrogen-bond donors (Lipinski definition) is 1. The Hall–Kier alpha value is -1.65. The molecule has 2 aromatic rings. The Bertz CT molecular complexity index is 647. The van der Waals surface area contributed by atoms with Crippen LogP contribution >= 0.6 is 0 Å². The van der Waals surface area contributed by atoms with Crippen LogP contribution in [-0.4, -0.2) is 32.6 Å². The Balaban J connectivity index is 1.68. The first-order chi connectivity index (χ1) is 10.0. The molecule has 0 aliphatic carbocycles. The fourth-order valence-corrected chi connectivity index (χ4v) is 2.99. The maximum absolute atomic E-state index is 10.5. The Morgan fingerprint density at radius 1 is 1.29 bits per heavy atom. The van der Waals surface area contributed by atoms with Crippen molar-refractivity contribution in [1.29, 1.82) is 0 Å². The van der Waals surface area contributed by atoms with Crippen LogP contribution in [0, 0.1) is 13.8 Å². The lowest BCUT2D eigenvalue weighted by Gasteiger charge is -2.28. The van der Waals surface area contributed by atoms with Crippen LogP contribution in [0.25, 0.3) is 0 Å². The van der Waals surface area contributed by atoms with Gasteiger partial charge in [-0.3, -0.25) is 4.90 Å². The van der Waals surface area contributed by atoms with Gasteiger partial charge in [-0.05, 0) is 30.5 Å². The highest BCUT2D eigenvalue weighted by Gasteiger charge is 2.22. The van der Waals surface area contributed by atoms with E-state index < -0.39 is 6.10 Å². The predicted octanol–water partition coefficient (Wildman–Crippen LogP) is 2.13. The van der Waals surface area contributed by atoms with E-state index >= 15 is 0 Å². The molecular weight excluding hydrogens is 262 g/mol. The van der Waals surface area contributed by atoms with E-state index in [1.54, 1.807) is 0 Å². The van der Waals surface area contributed by atoms with Gasteiger partial charge in [0, 0.05) is 38.8 Å². The number of fused-ring (bicyclic) bond motifs is 1. The second kappa shape index (κ2) is 5.62. The van der Waals surface area contributed by atoms with Crippen molar-refractivity contribution in [3.63, 3.8) is 0 Å². The fourth-order valence-electron chi connectivity index (χ4n) is 2.99. The minimum Gasteiger partial charge on any atom is -0.387 e. The Morgan fingerprint density at radius 3 is 2.86 bits per heavy atom. The molecule has 112 valence electrons. The molecule has 1 atom stereocenters. The monoisotopic (exact) mass is 285 g/mol. The zero-order chi connectivity index (χ0) is 15.0. The summed E-state index contributed by atoms with van der Waals surface area (Å²) in [6, 6.07) is 6.21. The molecule has 0 spiro atoms. The van der Waals surface area contributed by atoms with E-state index in [0.29, 0.717) is 6.54 Å². The molecule has 1 aliphatic rings. The topological polar surface area (TPSA) is 41.3 Å². The van der Waals surface area contributed by atoms with Gasteiger partial charge in [0.05, 0.1) is 18.1 Å². The number of rotatable bonds is 3. The summed E-state index contributed by atoms with van der Waals surface area (Å²) in [6.07, 6.45) is 2.45. The first-order valence-corrected chi connectivity index (χ1v) is 7.51. The largest absolute Gasteiger partial charge is 0.387 e. The van der Waals surface area contributed by atoms with Gasteiger partial charge in [-0.25, -0.2) is 4.98 Å². The average molecular weight is 285 g/mol. The highest BCUT2D eigenvalue weighted by molar-refractivity contribution is 5.31. The molecule has 4 nitrogen and oxygen atoms in total. The molecule has 0 unspecified atom stereocenters. The molecule has 2 heterocycles. The van der Waals surface area contributed by atoms with Gasteiger partial charge in [0.15, 0.2) is 0 Å². The molecule has 0 saturated heterocycles. The summed E-state index contributed by atoms with van der Waals surface area (Å²) in [7, 11) is 2.05. The number of β-amino-alcohol motifs (C(OH)–C–C–N with tert-alkyl or cyclic N) is 1. The lowest BCUT2D eigenvalue weighted by atomic mass is 10.0. The summed E-state index contributed by atoms with van der Waals surface area (Å²) in [4.78, 5) is 6.74. The zero-order valence-electron chi connectivity index (χ0n) is 13.0. The van der Waals surface area contributed by atoms with E-state index in [1.807, 2.05) is 19.4 Å². The normalized spacial score (nSPS) is 16.8. The number of imidazole rings is 1. The zero-order valence-corrected chi connectivity index (χ0v) is 13.0. The number of aliphatic hydroxyl groups is 1. The van der Waals surface area contributed by atoms with Gasteiger partial charge >= 0.3 is 0 Å². The summed E-state index contributed by atoms with van der Waals surface area (Å²) in [5, 5.41) is 10.5. The molecule has 0 radical (unpaired) electrons. The van der Waals surface area contributed by atoms with Gasteiger partial charge in [0.2, 0.25) is 0 Å². The van der Waals surface area contributed by atoms with Gasteiger partial charge in [-0.15, -0.1) is 0 Å². The van der Waals surface area contributed by atoms with E-state index in [2.05, 4.69) is 40.4 Å². The fraction of sp³-hybridized carbons (Fsp3) is 0.471. The molecule has 3 rings (SSSR count). The maximum Gasteiger partial charge on any atom is 0.0949 e. The van der Waals surface area contributed by atoms with Crippen molar-refractivity contribution in [2.45, 2.75) is 32.9 Å². The van der Waals surface area contributed by atoms with Crippen molar-refractivity contribution < 1.29 is 5.11 Å². The number of aromatic nitrogens is 2. The highest BCUT2D eigenvalue weighted by atomic mass is 16.3. The van der Waals surface area contributed by atoms with Crippen molar-refractivity contribution in [1.82, 2.24) is 14.5 Å². The third-order valence-electron chi connectivity index (χ3n) is 4.53. The van der Waals surface area contributed by atoms with E-state index in [-0.39, 0.29) is 0 Å². The Kier molecular flexibility index (Phi) is 3.83. The van der Waals surface area contributed by atoms with Crippen molar-refractivity contribution in [2.24, 2.45) is 7.05 Å². The number of aryl methyl sites for hydroxylation is 3. The van der Waals surface area contributed by atoms with E-state index in [0.717, 1.165) is 30.8 Å². The summed E-state index contributed by atoms with van der Waals surface area (Å²) < 4.78 is 2.10. The third kappa shape index (κ3) is 2.87. The van der Waals surface area contributed by atoms with Crippen LogP contribution in [0.1, 0.15) is 34.2 Å². The van der Waals surface area contributed by atoms with Crippen LogP contribution in [0.15, 0.2) is 24.5 Å². The van der Waals surface area contributed by atoms with Gasteiger partial charge in [-0.2, -0.15) is 0 Å². The number of benzene rings is 1. The second-order valence-electron chi connectivity index (χ2n) is 6.09. The average Bonchev–Trinajstić information content (AvgIpc) is 2.83. The summed E-state index contributed by atoms with van der Waals surface area (Å²) in [6.45, 7) is 6.66. The molecule has 1 aromatic carbocycles. The summed E-state index contributed by atoms with van der Waals surface area (Å²) >= 11 is 0. The molecule has 0 saturated carbocycles. The molecule has 0 bridgehead atoms. The maximum atomic E-state index is 10.5. The number of nitrogens with zero attached hydrogens (tertiary/aromatic N) is 3. The van der Waals surface area contributed by atoms with Gasteiger partial charge < -0.3 is 9.67 Å². The summed E-state index contributed by atoms with van der Waals surface area (Å²) in [5.74, 6) is 0. The van der Waals surface area contributed by atoms with Crippen LogP contribution in [0.5, 0.6) is 0 Å². The minimum absolute atomic E-state index is 0.436. The molecular formula is C17H23N3O. The molecule has 4 heteroatoms. The van der Waals surface area contributed by atoms with Crippen molar-refractivity contribution in [3.8, 4) is 0 Å².